The summed E-state index contributed by atoms with van der Waals surface area (Å²) in [4.78, 5) is 4.46. The summed E-state index contributed by atoms with van der Waals surface area (Å²) in [5.74, 6) is 0.290. The molecule has 4 heteroatoms. The number of hydrogen-bond acceptors (Lipinski definition) is 4. The van der Waals surface area contributed by atoms with Crippen LogP contribution in [0.15, 0.2) is 18.2 Å². The Morgan fingerprint density at radius 1 is 1.21 bits per heavy atom. The second kappa shape index (κ2) is 7.36. The van der Waals surface area contributed by atoms with Crippen LogP contribution >= 0.6 is 0 Å². The molecule has 0 saturated carbocycles. The van der Waals surface area contributed by atoms with E-state index in [-0.39, 0.29) is 6.04 Å². The summed E-state index contributed by atoms with van der Waals surface area (Å²) in [6, 6.07) is 5.65. The molecule has 0 heterocycles. The molecule has 1 aromatic carbocycles. The zero-order valence-corrected chi connectivity index (χ0v) is 12.6. The lowest BCUT2D eigenvalue weighted by molar-refractivity contribution is 0.412. The van der Waals surface area contributed by atoms with Gasteiger partial charge in [-0.15, -0.1) is 0 Å². The van der Waals surface area contributed by atoms with Gasteiger partial charge in [0, 0.05) is 43.0 Å². The smallest absolute Gasteiger partial charge is 0.122 e. The molecule has 0 radical (unpaired) electrons. The number of rotatable bonds is 7. The van der Waals surface area contributed by atoms with Gasteiger partial charge in [0.15, 0.2) is 0 Å². The van der Waals surface area contributed by atoms with Crippen molar-refractivity contribution in [2.24, 2.45) is 5.73 Å². The molecule has 0 bridgehead atoms. The normalized spacial score (nSPS) is 12.7. The molecule has 19 heavy (non-hydrogen) atoms. The second-order valence-corrected chi connectivity index (χ2v) is 5.32. The summed E-state index contributed by atoms with van der Waals surface area (Å²) in [5.41, 5.74) is 7.68. The summed E-state index contributed by atoms with van der Waals surface area (Å²) >= 11 is 0. The molecule has 0 aliphatic carbocycles. The summed E-state index contributed by atoms with van der Waals surface area (Å²) in [6.45, 7) is 6.99. The van der Waals surface area contributed by atoms with E-state index in [0.717, 1.165) is 37.3 Å². The minimum atomic E-state index is -0.143. The number of nitrogens with two attached hydrogens (primary N) is 1. The molecule has 0 aromatic heterocycles. The summed E-state index contributed by atoms with van der Waals surface area (Å²) in [6.07, 6.45) is 1.09. The van der Waals surface area contributed by atoms with Gasteiger partial charge < -0.3 is 20.6 Å². The van der Waals surface area contributed by atoms with Crippen LogP contribution in [0.25, 0.3) is 0 Å². The lowest BCUT2D eigenvalue weighted by Gasteiger charge is -2.26. The zero-order chi connectivity index (χ0) is 14.4. The van der Waals surface area contributed by atoms with E-state index in [2.05, 4.69) is 30.8 Å². The number of aromatic hydroxyl groups is 1. The molecule has 3 N–H and O–H groups in total. The molecule has 1 rings (SSSR count). The molecule has 0 fully saturated rings. The molecule has 0 spiro atoms. The monoisotopic (exact) mass is 265 g/mol. The highest BCUT2D eigenvalue weighted by Crippen LogP contribution is 2.28. The fourth-order valence-corrected chi connectivity index (χ4v) is 2.07. The van der Waals surface area contributed by atoms with Crippen molar-refractivity contribution in [1.82, 2.24) is 4.90 Å². The van der Waals surface area contributed by atoms with Gasteiger partial charge in [-0.25, -0.2) is 0 Å². The molecule has 1 unspecified atom stereocenters. The number of phenols is 1. The van der Waals surface area contributed by atoms with E-state index in [1.54, 1.807) is 0 Å². The third kappa shape index (κ3) is 4.73. The van der Waals surface area contributed by atoms with Crippen molar-refractivity contribution in [1.29, 1.82) is 0 Å². The summed E-state index contributed by atoms with van der Waals surface area (Å²) in [7, 11) is 4.14. The van der Waals surface area contributed by atoms with Crippen LogP contribution in [0.4, 0.5) is 5.69 Å². The Morgan fingerprint density at radius 3 is 2.37 bits per heavy atom. The van der Waals surface area contributed by atoms with Crippen LogP contribution in [0.5, 0.6) is 5.75 Å². The average molecular weight is 265 g/mol. The Bertz CT molecular complexity index is 391. The molecule has 108 valence electrons. The fourth-order valence-electron chi connectivity index (χ4n) is 2.07. The highest BCUT2D eigenvalue weighted by atomic mass is 16.3. The molecule has 0 aliphatic rings. The maximum atomic E-state index is 10.0. The van der Waals surface area contributed by atoms with E-state index in [4.69, 9.17) is 5.73 Å². The maximum Gasteiger partial charge on any atom is 0.122 e. The van der Waals surface area contributed by atoms with Gasteiger partial charge in [0.1, 0.15) is 5.75 Å². The minimum Gasteiger partial charge on any atom is -0.508 e. The van der Waals surface area contributed by atoms with Gasteiger partial charge in [-0.1, -0.05) is 13.0 Å². The van der Waals surface area contributed by atoms with Gasteiger partial charge >= 0.3 is 0 Å². The molecule has 1 aromatic rings. The highest BCUT2D eigenvalue weighted by molar-refractivity contribution is 5.54. The standard InChI is InChI=1S/C15H27N3O/c1-5-8-18(10-9-17(3)4)13-6-7-14(12(2)16)15(19)11-13/h6-7,11-12,19H,5,8-10,16H2,1-4H3. The third-order valence-electron chi connectivity index (χ3n) is 3.18. The lowest BCUT2D eigenvalue weighted by Crippen LogP contribution is -2.32. The lowest BCUT2D eigenvalue weighted by atomic mass is 10.1. The largest absolute Gasteiger partial charge is 0.508 e. The molecule has 1 atom stereocenters. The summed E-state index contributed by atoms with van der Waals surface area (Å²) < 4.78 is 0. The van der Waals surface area contributed by atoms with Crippen LogP contribution in [-0.4, -0.2) is 43.7 Å². The highest BCUT2D eigenvalue weighted by Gasteiger charge is 2.11. The molecular formula is C15H27N3O. The number of likely N-dealkylation sites (N-methyl/N-ethyl adjacent to an activating group) is 1. The second-order valence-electron chi connectivity index (χ2n) is 5.32. The molecule has 0 aliphatic heterocycles. The van der Waals surface area contributed by atoms with Crippen molar-refractivity contribution in [3.8, 4) is 5.75 Å². The van der Waals surface area contributed by atoms with Crippen LogP contribution < -0.4 is 10.6 Å². The van der Waals surface area contributed by atoms with Crippen LogP contribution in [0, 0.1) is 0 Å². The van der Waals surface area contributed by atoms with Gasteiger partial charge in [-0.2, -0.15) is 0 Å². The van der Waals surface area contributed by atoms with Crippen LogP contribution in [0.2, 0.25) is 0 Å². The van der Waals surface area contributed by atoms with Gasteiger partial charge in [-0.05, 0) is 33.5 Å². The van der Waals surface area contributed by atoms with E-state index < -0.39 is 0 Å². The molecule has 0 amide bonds. The van der Waals surface area contributed by atoms with E-state index >= 15 is 0 Å². The summed E-state index contributed by atoms with van der Waals surface area (Å²) in [5, 5.41) is 10.0. The molecule has 4 nitrogen and oxygen atoms in total. The Kier molecular flexibility index (Phi) is 6.12. The van der Waals surface area contributed by atoms with Crippen molar-refractivity contribution < 1.29 is 5.11 Å². The van der Waals surface area contributed by atoms with Crippen LogP contribution in [0.1, 0.15) is 31.9 Å². The minimum absolute atomic E-state index is 0.143. The quantitative estimate of drug-likeness (QED) is 0.793. The SMILES string of the molecule is CCCN(CCN(C)C)c1ccc(C(C)N)c(O)c1. The van der Waals surface area contributed by atoms with E-state index in [0.29, 0.717) is 5.75 Å². The zero-order valence-electron chi connectivity index (χ0n) is 12.6. The van der Waals surface area contributed by atoms with Crippen LogP contribution in [-0.2, 0) is 0 Å². The van der Waals surface area contributed by atoms with Crippen molar-refractivity contribution in [2.75, 3.05) is 38.6 Å². The predicted octanol–water partition coefficient (Wildman–Crippen LogP) is 2.19. The molecular weight excluding hydrogens is 238 g/mol. The number of anilines is 1. The van der Waals surface area contributed by atoms with Gasteiger partial charge in [0.05, 0.1) is 0 Å². The van der Waals surface area contributed by atoms with Crippen molar-refractivity contribution in [3.05, 3.63) is 23.8 Å². The maximum absolute atomic E-state index is 10.0. The topological polar surface area (TPSA) is 52.7 Å². The average Bonchev–Trinajstić information content (AvgIpc) is 2.33. The number of benzene rings is 1. The first-order valence-corrected chi connectivity index (χ1v) is 6.93. The number of phenolic OH excluding ortho intramolecular Hbond substituents is 1. The molecule has 0 saturated heterocycles. The van der Waals surface area contributed by atoms with Gasteiger partial charge in [-0.3, -0.25) is 0 Å². The Labute approximate surface area is 116 Å². The van der Waals surface area contributed by atoms with Crippen molar-refractivity contribution in [2.45, 2.75) is 26.3 Å². The Balaban J connectivity index is 2.87. The predicted molar refractivity (Wildman–Crippen MR) is 81.8 cm³/mol. The third-order valence-corrected chi connectivity index (χ3v) is 3.18. The van der Waals surface area contributed by atoms with Crippen molar-refractivity contribution >= 4 is 5.69 Å². The van der Waals surface area contributed by atoms with Gasteiger partial charge in [0.2, 0.25) is 0 Å². The fraction of sp³-hybridized carbons (Fsp3) is 0.600. The van der Waals surface area contributed by atoms with Gasteiger partial charge in [0.25, 0.3) is 0 Å². The van der Waals surface area contributed by atoms with E-state index in [1.165, 1.54) is 0 Å². The first-order valence-electron chi connectivity index (χ1n) is 6.93. The number of nitrogens with zero attached hydrogens (tertiary/aromatic N) is 2. The first kappa shape index (κ1) is 15.8. The van der Waals surface area contributed by atoms with E-state index in [9.17, 15) is 5.11 Å². The number of hydrogen-bond donors (Lipinski definition) is 2. The van der Waals surface area contributed by atoms with Crippen LogP contribution in [0.3, 0.4) is 0 Å². The Hall–Kier alpha value is -1.26. The van der Waals surface area contributed by atoms with E-state index in [1.807, 2.05) is 25.1 Å². The first-order chi connectivity index (χ1) is 8.95. The Morgan fingerprint density at radius 2 is 1.89 bits per heavy atom. The van der Waals surface area contributed by atoms with Crippen molar-refractivity contribution in [3.63, 3.8) is 0 Å².